The van der Waals surface area contributed by atoms with Gasteiger partial charge in [0.15, 0.2) is 5.60 Å². The highest BCUT2D eigenvalue weighted by molar-refractivity contribution is 6.39. The van der Waals surface area contributed by atoms with Crippen molar-refractivity contribution < 1.29 is 9.63 Å². The number of nitrogens with zero attached hydrogens (tertiary/aromatic N) is 3. The molecular formula is C20H28N4O2. The Morgan fingerprint density at radius 2 is 2.23 bits per heavy atom. The van der Waals surface area contributed by atoms with Gasteiger partial charge in [0.1, 0.15) is 5.71 Å². The molecule has 6 heteroatoms. The largest absolute Gasteiger partial charge is 0.387 e. The van der Waals surface area contributed by atoms with Crippen molar-refractivity contribution in [2.24, 2.45) is 11.1 Å². The van der Waals surface area contributed by atoms with Crippen LogP contribution < -0.4 is 5.32 Å². The summed E-state index contributed by atoms with van der Waals surface area (Å²) >= 11 is 0. The normalized spacial score (nSPS) is 26.7. The van der Waals surface area contributed by atoms with Crippen LogP contribution in [0.5, 0.6) is 0 Å². The Bertz CT molecular complexity index is 657. The maximum absolute atomic E-state index is 12.4. The van der Waals surface area contributed by atoms with Gasteiger partial charge in [0, 0.05) is 51.4 Å². The number of carbonyl (C=O) groups excluding carboxylic acids is 1. The Labute approximate surface area is 155 Å². The van der Waals surface area contributed by atoms with Crippen LogP contribution in [0, 0.1) is 5.92 Å². The van der Waals surface area contributed by atoms with Gasteiger partial charge in [0.2, 0.25) is 0 Å². The number of hydrogen-bond donors (Lipinski definition) is 1. The quantitative estimate of drug-likeness (QED) is 0.880. The topological polar surface area (TPSA) is 66.8 Å². The van der Waals surface area contributed by atoms with Crippen LogP contribution in [0.1, 0.15) is 50.5 Å². The fourth-order valence-corrected chi connectivity index (χ4v) is 4.47. The first-order valence-corrected chi connectivity index (χ1v) is 9.87. The lowest BCUT2D eigenvalue weighted by Gasteiger charge is -2.27. The molecule has 1 N–H and O–H groups in total. The molecular weight excluding hydrogens is 328 g/mol. The third-order valence-corrected chi connectivity index (χ3v) is 5.91. The SMILES string of the molecule is O=C(NCc1cccnc1)C1=NOC2(CCN(CC3CCCCC3)C2)C1. The number of pyridine rings is 1. The van der Waals surface area contributed by atoms with Crippen LogP contribution in [-0.4, -0.2) is 46.7 Å². The number of likely N-dealkylation sites (tertiary alicyclic amines) is 1. The van der Waals surface area contributed by atoms with E-state index in [1.54, 1.807) is 12.4 Å². The minimum absolute atomic E-state index is 0.128. The fourth-order valence-electron chi connectivity index (χ4n) is 4.47. The lowest BCUT2D eigenvalue weighted by molar-refractivity contribution is -0.115. The molecule has 1 unspecified atom stereocenters. The number of rotatable bonds is 5. The highest BCUT2D eigenvalue weighted by Crippen LogP contribution is 2.35. The second-order valence-electron chi connectivity index (χ2n) is 8.02. The number of aromatic nitrogens is 1. The van der Waals surface area contributed by atoms with E-state index in [9.17, 15) is 4.79 Å². The molecule has 1 aromatic heterocycles. The molecule has 3 aliphatic rings. The maximum Gasteiger partial charge on any atom is 0.269 e. The number of carbonyl (C=O) groups is 1. The van der Waals surface area contributed by atoms with Crippen molar-refractivity contribution in [3.8, 4) is 0 Å². The second kappa shape index (κ2) is 7.74. The van der Waals surface area contributed by atoms with E-state index < -0.39 is 0 Å². The summed E-state index contributed by atoms with van der Waals surface area (Å²) in [5.74, 6) is 0.708. The van der Waals surface area contributed by atoms with E-state index in [-0.39, 0.29) is 11.5 Å². The Morgan fingerprint density at radius 1 is 1.35 bits per heavy atom. The zero-order valence-electron chi connectivity index (χ0n) is 15.3. The molecule has 2 aliphatic heterocycles. The first-order valence-electron chi connectivity index (χ1n) is 9.87. The van der Waals surface area contributed by atoms with Crippen LogP contribution in [-0.2, 0) is 16.2 Å². The molecule has 1 atom stereocenters. The summed E-state index contributed by atoms with van der Waals surface area (Å²) in [4.78, 5) is 24.8. The van der Waals surface area contributed by atoms with Gasteiger partial charge in [-0.3, -0.25) is 14.7 Å². The van der Waals surface area contributed by atoms with Crippen molar-refractivity contribution in [2.45, 2.75) is 57.1 Å². The summed E-state index contributed by atoms with van der Waals surface area (Å²) in [5.41, 5.74) is 1.22. The Kier molecular flexibility index (Phi) is 5.20. The lowest BCUT2D eigenvalue weighted by atomic mass is 9.89. The van der Waals surface area contributed by atoms with E-state index in [4.69, 9.17) is 4.84 Å². The van der Waals surface area contributed by atoms with E-state index in [1.165, 1.54) is 38.6 Å². The fraction of sp³-hybridized carbons (Fsp3) is 0.650. The monoisotopic (exact) mass is 356 g/mol. The molecule has 0 radical (unpaired) electrons. The van der Waals surface area contributed by atoms with Crippen molar-refractivity contribution in [1.29, 1.82) is 0 Å². The van der Waals surface area contributed by atoms with Crippen LogP contribution in [0.25, 0.3) is 0 Å². The number of amides is 1. The van der Waals surface area contributed by atoms with Gasteiger partial charge >= 0.3 is 0 Å². The second-order valence-corrected chi connectivity index (χ2v) is 8.02. The van der Waals surface area contributed by atoms with E-state index in [1.807, 2.05) is 12.1 Å². The third kappa shape index (κ3) is 4.06. The molecule has 1 saturated heterocycles. The molecule has 1 aromatic rings. The molecule has 0 bridgehead atoms. The van der Waals surface area contributed by atoms with Crippen molar-refractivity contribution in [2.75, 3.05) is 19.6 Å². The minimum atomic E-state index is -0.282. The summed E-state index contributed by atoms with van der Waals surface area (Å²) in [5, 5.41) is 7.05. The number of hydrogen-bond acceptors (Lipinski definition) is 5. The van der Waals surface area contributed by atoms with Gasteiger partial charge in [0.25, 0.3) is 5.91 Å². The summed E-state index contributed by atoms with van der Waals surface area (Å²) < 4.78 is 0. The van der Waals surface area contributed by atoms with Gasteiger partial charge in [-0.2, -0.15) is 0 Å². The van der Waals surface area contributed by atoms with E-state index in [0.29, 0.717) is 18.7 Å². The highest BCUT2D eigenvalue weighted by atomic mass is 16.7. The van der Waals surface area contributed by atoms with E-state index >= 15 is 0 Å². The van der Waals surface area contributed by atoms with E-state index in [0.717, 1.165) is 31.0 Å². The van der Waals surface area contributed by atoms with Crippen LogP contribution in [0.3, 0.4) is 0 Å². The third-order valence-electron chi connectivity index (χ3n) is 5.91. The molecule has 1 aliphatic carbocycles. The molecule has 140 valence electrons. The van der Waals surface area contributed by atoms with Gasteiger partial charge in [-0.25, -0.2) is 0 Å². The molecule has 2 fully saturated rings. The smallest absolute Gasteiger partial charge is 0.269 e. The molecule has 1 amide bonds. The molecule has 1 spiro atoms. The van der Waals surface area contributed by atoms with Gasteiger partial charge in [-0.15, -0.1) is 0 Å². The molecule has 1 saturated carbocycles. The first kappa shape index (κ1) is 17.5. The van der Waals surface area contributed by atoms with Crippen LogP contribution in [0.15, 0.2) is 29.7 Å². The molecule has 4 rings (SSSR count). The van der Waals surface area contributed by atoms with Gasteiger partial charge in [-0.05, 0) is 30.4 Å². The van der Waals surface area contributed by atoms with Crippen LogP contribution in [0.4, 0.5) is 0 Å². The van der Waals surface area contributed by atoms with Crippen LogP contribution in [0.2, 0.25) is 0 Å². The summed E-state index contributed by atoms with van der Waals surface area (Å²) in [6, 6.07) is 3.81. The van der Waals surface area contributed by atoms with Gasteiger partial charge in [-0.1, -0.05) is 30.5 Å². The standard InChI is InChI=1S/C20H28N4O2/c25-19(22-13-17-7-4-9-21-12-17)18-11-20(26-23-18)8-10-24(15-20)14-16-5-2-1-3-6-16/h4,7,9,12,16H,1-3,5-6,8,10-11,13-15H2,(H,22,25). The van der Waals surface area contributed by atoms with Crippen molar-refractivity contribution in [3.05, 3.63) is 30.1 Å². The number of oxime groups is 1. The van der Waals surface area contributed by atoms with Crippen LogP contribution >= 0.6 is 0 Å². The molecule has 6 nitrogen and oxygen atoms in total. The summed E-state index contributed by atoms with van der Waals surface area (Å²) in [6.07, 6.45) is 11.9. The average molecular weight is 356 g/mol. The minimum Gasteiger partial charge on any atom is -0.387 e. The Hall–Kier alpha value is -1.95. The first-order chi connectivity index (χ1) is 12.7. The maximum atomic E-state index is 12.4. The Morgan fingerprint density at radius 3 is 3.04 bits per heavy atom. The van der Waals surface area contributed by atoms with Gasteiger partial charge < -0.3 is 10.2 Å². The van der Waals surface area contributed by atoms with Crippen molar-refractivity contribution in [3.63, 3.8) is 0 Å². The zero-order chi connectivity index (χ0) is 17.8. The predicted molar refractivity (Wildman–Crippen MR) is 99.6 cm³/mol. The summed E-state index contributed by atoms with van der Waals surface area (Å²) in [7, 11) is 0. The van der Waals surface area contributed by atoms with Crippen molar-refractivity contribution >= 4 is 11.6 Å². The molecule has 3 heterocycles. The predicted octanol–water partition coefficient (Wildman–Crippen LogP) is 2.50. The summed E-state index contributed by atoms with van der Waals surface area (Å²) in [6.45, 7) is 3.59. The average Bonchev–Trinajstić information content (AvgIpc) is 3.28. The molecule has 26 heavy (non-hydrogen) atoms. The highest BCUT2D eigenvalue weighted by Gasteiger charge is 2.46. The number of nitrogens with one attached hydrogen (secondary N) is 1. The zero-order valence-corrected chi connectivity index (χ0v) is 15.3. The Balaban J connectivity index is 1.25. The lowest BCUT2D eigenvalue weighted by Crippen LogP contribution is -2.38. The van der Waals surface area contributed by atoms with Crippen molar-refractivity contribution in [1.82, 2.24) is 15.2 Å². The molecule has 0 aromatic carbocycles. The van der Waals surface area contributed by atoms with Gasteiger partial charge in [0.05, 0.1) is 0 Å². The van der Waals surface area contributed by atoms with E-state index in [2.05, 4.69) is 20.4 Å².